The van der Waals surface area contributed by atoms with E-state index in [1.165, 1.54) is 12.5 Å². The van der Waals surface area contributed by atoms with Crippen LogP contribution in [0.1, 0.15) is 34.7 Å². The molecule has 3 rings (SSSR count). The molecule has 1 aliphatic carbocycles. The molecule has 0 fully saturated rings. The van der Waals surface area contributed by atoms with E-state index in [0.29, 0.717) is 6.42 Å². The lowest BCUT2D eigenvalue weighted by molar-refractivity contribution is -0.147. The number of benzene rings is 2. The molecule has 0 N–H and O–H groups in total. The fraction of sp³-hybridized carbons (Fsp3) is 0.312. The van der Waals surface area contributed by atoms with Gasteiger partial charge in [0.15, 0.2) is 0 Å². The maximum Gasteiger partial charge on any atom is 0.302 e. The van der Waals surface area contributed by atoms with Gasteiger partial charge in [-0.05, 0) is 21.9 Å². The van der Waals surface area contributed by atoms with Crippen molar-refractivity contribution in [2.75, 3.05) is 0 Å². The molecule has 0 amide bonds. The van der Waals surface area contributed by atoms with E-state index in [0.717, 1.165) is 16.3 Å². The van der Waals surface area contributed by atoms with Gasteiger partial charge in [0, 0.05) is 18.2 Å². The molecular formula is C16H14BrClO2. The lowest BCUT2D eigenvalue weighted by Crippen LogP contribution is -2.28. The van der Waals surface area contributed by atoms with E-state index >= 15 is 0 Å². The number of carbonyl (C=O) groups excluding carboxylic acids is 1. The quantitative estimate of drug-likeness (QED) is 0.539. The molecule has 2 nitrogen and oxygen atoms in total. The van der Waals surface area contributed by atoms with Crippen molar-refractivity contribution in [3.05, 3.63) is 47.5 Å². The predicted molar refractivity (Wildman–Crippen MR) is 84.4 cm³/mol. The largest absolute Gasteiger partial charge is 0.461 e. The monoisotopic (exact) mass is 352 g/mol. The first kappa shape index (κ1) is 13.9. The van der Waals surface area contributed by atoms with Gasteiger partial charge >= 0.3 is 5.97 Å². The molecule has 0 spiro atoms. The lowest BCUT2D eigenvalue weighted by atomic mass is 9.85. The van der Waals surface area contributed by atoms with Crippen molar-refractivity contribution in [3.63, 3.8) is 0 Å². The first-order valence-electron chi connectivity index (χ1n) is 6.55. The highest BCUT2D eigenvalue weighted by atomic mass is 79.9. The number of carbonyl (C=O) groups is 1. The summed E-state index contributed by atoms with van der Waals surface area (Å²) in [7, 11) is 0. The third-order valence-corrected chi connectivity index (χ3v) is 5.07. The molecule has 0 aromatic heterocycles. The first-order valence-corrected chi connectivity index (χ1v) is 7.90. The second-order valence-corrected chi connectivity index (χ2v) is 6.62. The summed E-state index contributed by atoms with van der Waals surface area (Å²) in [6.07, 6.45) is 0.399. The van der Waals surface area contributed by atoms with Crippen LogP contribution in [0.3, 0.4) is 0 Å². The van der Waals surface area contributed by atoms with Crippen LogP contribution in [-0.2, 0) is 9.53 Å². The number of esters is 1. The van der Waals surface area contributed by atoms with Crippen molar-refractivity contribution >= 4 is 44.3 Å². The Morgan fingerprint density at radius 1 is 1.30 bits per heavy atom. The maximum absolute atomic E-state index is 11.2. The zero-order chi connectivity index (χ0) is 14.3. The highest BCUT2D eigenvalue weighted by Crippen LogP contribution is 2.47. The van der Waals surface area contributed by atoms with E-state index in [2.05, 4.69) is 40.2 Å². The van der Waals surface area contributed by atoms with Gasteiger partial charge in [0.2, 0.25) is 0 Å². The highest BCUT2D eigenvalue weighted by Gasteiger charge is 2.35. The van der Waals surface area contributed by atoms with Crippen LogP contribution < -0.4 is 0 Å². The summed E-state index contributed by atoms with van der Waals surface area (Å²) in [5, 5.41) is 1.97. The molecule has 1 aliphatic rings. The number of rotatable bonds is 1. The van der Waals surface area contributed by atoms with Crippen molar-refractivity contribution in [2.24, 2.45) is 0 Å². The van der Waals surface area contributed by atoms with E-state index in [-0.39, 0.29) is 22.3 Å². The Morgan fingerprint density at radius 2 is 2.05 bits per heavy atom. The highest BCUT2D eigenvalue weighted by molar-refractivity contribution is 9.09. The number of hydrogen-bond acceptors (Lipinski definition) is 2. The summed E-state index contributed by atoms with van der Waals surface area (Å²) < 4.78 is 5.38. The number of alkyl halides is 2. The molecule has 0 aliphatic heterocycles. The molecule has 3 atom stereocenters. The Labute approximate surface area is 131 Å². The van der Waals surface area contributed by atoms with Crippen LogP contribution in [0.15, 0.2) is 36.4 Å². The molecule has 4 heteroatoms. The van der Waals surface area contributed by atoms with Crippen molar-refractivity contribution in [2.45, 2.75) is 29.7 Å². The molecule has 0 radical (unpaired) electrons. The molecule has 20 heavy (non-hydrogen) atoms. The minimum atomic E-state index is -0.311. The third-order valence-electron chi connectivity index (χ3n) is 3.70. The SMILES string of the molecule is CC(=O)O[C@H]1CC(Br)c2ccc3ccccc3c2[C@@H]1Cl. The topological polar surface area (TPSA) is 26.3 Å². The van der Waals surface area contributed by atoms with E-state index in [1.54, 1.807) is 0 Å². The van der Waals surface area contributed by atoms with Crippen molar-refractivity contribution in [1.29, 1.82) is 0 Å². The normalized spacial score (nSPS) is 25.2. The van der Waals surface area contributed by atoms with E-state index in [4.69, 9.17) is 16.3 Å². The average molecular weight is 354 g/mol. The standard InChI is InChI=1S/C16H14BrClO2/c1-9(19)20-14-8-13(17)12-7-6-10-4-2-3-5-11(10)15(12)16(14)18/h2-7,13-14,16H,8H2,1H3/t13?,14-,16+/m0/s1. The van der Waals surface area contributed by atoms with Gasteiger partial charge in [0.05, 0.1) is 5.38 Å². The Kier molecular flexibility index (Phi) is 3.74. The molecule has 0 saturated carbocycles. The van der Waals surface area contributed by atoms with Gasteiger partial charge in [-0.2, -0.15) is 0 Å². The van der Waals surface area contributed by atoms with E-state index < -0.39 is 0 Å². The molecule has 1 unspecified atom stereocenters. The minimum absolute atomic E-state index is 0.154. The van der Waals surface area contributed by atoms with Crippen molar-refractivity contribution < 1.29 is 9.53 Å². The molecule has 104 valence electrons. The Morgan fingerprint density at radius 3 is 2.80 bits per heavy atom. The van der Waals surface area contributed by atoms with Gasteiger partial charge in [0.25, 0.3) is 0 Å². The number of ether oxygens (including phenoxy) is 1. The van der Waals surface area contributed by atoms with Crippen molar-refractivity contribution in [3.8, 4) is 0 Å². The fourth-order valence-electron chi connectivity index (χ4n) is 2.85. The molecule has 0 heterocycles. The van der Waals surface area contributed by atoms with Crippen LogP contribution in [-0.4, -0.2) is 12.1 Å². The molecule has 0 saturated heterocycles. The molecular weight excluding hydrogens is 340 g/mol. The van der Waals surface area contributed by atoms with Gasteiger partial charge in [-0.1, -0.05) is 52.3 Å². The van der Waals surface area contributed by atoms with Crippen LogP contribution in [0, 0.1) is 0 Å². The Balaban J connectivity index is 2.15. The average Bonchev–Trinajstić information content (AvgIpc) is 2.43. The summed E-state index contributed by atoms with van der Waals surface area (Å²) in [5.74, 6) is -0.288. The first-order chi connectivity index (χ1) is 9.58. The smallest absolute Gasteiger partial charge is 0.302 e. The molecule has 0 bridgehead atoms. The zero-order valence-electron chi connectivity index (χ0n) is 11.0. The van der Waals surface area contributed by atoms with Gasteiger partial charge in [-0.3, -0.25) is 4.79 Å². The summed E-state index contributed by atoms with van der Waals surface area (Å²) in [6, 6.07) is 12.4. The summed E-state index contributed by atoms with van der Waals surface area (Å²) in [4.78, 5) is 11.4. The lowest BCUT2D eigenvalue weighted by Gasteiger charge is -2.33. The third kappa shape index (κ3) is 2.33. The second kappa shape index (κ2) is 5.38. The van der Waals surface area contributed by atoms with Crippen LogP contribution in [0.25, 0.3) is 10.8 Å². The molecule has 2 aromatic carbocycles. The summed E-state index contributed by atoms with van der Waals surface area (Å²) in [5.41, 5.74) is 2.26. The predicted octanol–water partition coefficient (Wildman–Crippen LogP) is 4.89. The minimum Gasteiger partial charge on any atom is -0.461 e. The van der Waals surface area contributed by atoms with Gasteiger partial charge in [0.1, 0.15) is 6.10 Å². The number of hydrogen-bond donors (Lipinski definition) is 0. The van der Waals surface area contributed by atoms with Crippen LogP contribution >= 0.6 is 27.5 Å². The van der Waals surface area contributed by atoms with E-state index in [1.807, 2.05) is 12.1 Å². The Bertz CT molecular complexity index is 671. The molecule has 2 aromatic rings. The van der Waals surface area contributed by atoms with E-state index in [9.17, 15) is 4.79 Å². The zero-order valence-corrected chi connectivity index (χ0v) is 13.3. The Hall–Kier alpha value is -1.06. The van der Waals surface area contributed by atoms with Crippen molar-refractivity contribution in [1.82, 2.24) is 0 Å². The van der Waals surface area contributed by atoms with Crippen LogP contribution in [0.4, 0.5) is 0 Å². The number of fused-ring (bicyclic) bond motifs is 3. The number of halogens is 2. The maximum atomic E-state index is 11.2. The van der Waals surface area contributed by atoms with Gasteiger partial charge < -0.3 is 4.74 Å². The van der Waals surface area contributed by atoms with Crippen LogP contribution in [0.5, 0.6) is 0 Å². The fourth-order valence-corrected chi connectivity index (χ4v) is 4.02. The van der Waals surface area contributed by atoms with Gasteiger partial charge in [-0.15, -0.1) is 11.6 Å². The summed E-state index contributed by atoms with van der Waals surface area (Å²) in [6.45, 7) is 1.42. The van der Waals surface area contributed by atoms with Crippen LogP contribution in [0.2, 0.25) is 0 Å². The second-order valence-electron chi connectivity index (χ2n) is 5.04. The summed E-state index contributed by atoms with van der Waals surface area (Å²) >= 11 is 10.3. The van der Waals surface area contributed by atoms with Gasteiger partial charge in [-0.25, -0.2) is 0 Å².